The molecule has 4 N–H and O–H groups in total. The van der Waals surface area contributed by atoms with E-state index in [9.17, 15) is 9.59 Å². The first-order valence-corrected chi connectivity index (χ1v) is 8.49. The van der Waals surface area contributed by atoms with Gasteiger partial charge in [0, 0.05) is 25.9 Å². The zero-order chi connectivity index (χ0) is 18.1. The molecule has 8 nitrogen and oxygen atoms in total. The number of carbonyl (C=O) groups excluding carboxylic acids is 2. The van der Waals surface area contributed by atoms with Gasteiger partial charge in [-0.05, 0) is 12.8 Å². The minimum atomic E-state index is -0.406. The summed E-state index contributed by atoms with van der Waals surface area (Å²) in [6.07, 6.45) is 0.136. The van der Waals surface area contributed by atoms with Crippen molar-refractivity contribution in [3.8, 4) is 0 Å². The molecule has 0 amide bonds. The van der Waals surface area contributed by atoms with Crippen LogP contribution in [0.5, 0.6) is 0 Å². The summed E-state index contributed by atoms with van der Waals surface area (Å²) in [5.41, 5.74) is 0. The van der Waals surface area contributed by atoms with Crippen LogP contribution in [-0.2, 0) is 19.1 Å². The molecule has 2 aliphatic heterocycles. The lowest BCUT2D eigenvalue weighted by molar-refractivity contribution is -0.147. The summed E-state index contributed by atoms with van der Waals surface area (Å²) in [6, 6.07) is -0.612. The molecule has 0 spiro atoms. The summed E-state index contributed by atoms with van der Waals surface area (Å²) in [7, 11) is 0. The van der Waals surface area contributed by atoms with Crippen LogP contribution in [-0.4, -0.2) is 72.7 Å². The average molecular weight is 346 g/mol. The Balaban J connectivity index is 0.000000243. The molecule has 1 unspecified atom stereocenters. The van der Waals surface area contributed by atoms with Gasteiger partial charge in [0.2, 0.25) is 0 Å². The number of aliphatic hydroxyl groups is 2. The van der Waals surface area contributed by atoms with E-state index in [1.807, 2.05) is 13.8 Å². The minimum Gasteiger partial charge on any atom is -0.465 e. The Bertz CT molecular complexity index is 404. The van der Waals surface area contributed by atoms with Crippen LogP contribution in [0.2, 0.25) is 0 Å². The number of esters is 2. The summed E-state index contributed by atoms with van der Waals surface area (Å²) >= 11 is 0. The molecule has 0 aromatic heterocycles. The van der Waals surface area contributed by atoms with Crippen LogP contribution in [0.25, 0.3) is 0 Å². The van der Waals surface area contributed by atoms with E-state index < -0.39 is 12.2 Å². The second kappa shape index (κ2) is 10.6. The van der Waals surface area contributed by atoms with Gasteiger partial charge in [0.25, 0.3) is 0 Å². The highest BCUT2D eigenvalue weighted by Crippen LogP contribution is 2.08. The van der Waals surface area contributed by atoms with Crippen molar-refractivity contribution in [1.82, 2.24) is 10.6 Å². The van der Waals surface area contributed by atoms with Crippen molar-refractivity contribution in [1.29, 1.82) is 0 Å². The number of carbonyl (C=O) groups is 2. The van der Waals surface area contributed by atoms with Gasteiger partial charge in [-0.25, -0.2) is 0 Å². The molecular weight excluding hydrogens is 316 g/mol. The van der Waals surface area contributed by atoms with Crippen molar-refractivity contribution >= 4 is 11.9 Å². The largest absolute Gasteiger partial charge is 0.465 e. The van der Waals surface area contributed by atoms with E-state index in [0.717, 1.165) is 0 Å². The molecule has 0 aromatic rings. The summed E-state index contributed by atoms with van der Waals surface area (Å²) in [6.45, 7) is 7.57. The maximum absolute atomic E-state index is 11.3. The third-order valence-corrected chi connectivity index (χ3v) is 3.63. The van der Waals surface area contributed by atoms with Crippen LogP contribution in [0, 0.1) is 5.92 Å². The van der Waals surface area contributed by atoms with Crippen LogP contribution < -0.4 is 10.6 Å². The highest BCUT2D eigenvalue weighted by atomic mass is 16.5. The summed E-state index contributed by atoms with van der Waals surface area (Å²) in [5, 5.41) is 24.0. The average Bonchev–Trinajstić information content (AvgIpc) is 3.14. The van der Waals surface area contributed by atoms with Crippen molar-refractivity contribution in [3.05, 3.63) is 0 Å². The highest BCUT2D eigenvalue weighted by molar-refractivity contribution is 5.76. The van der Waals surface area contributed by atoms with Crippen LogP contribution >= 0.6 is 0 Å². The molecule has 0 radical (unpaired) electrons. The molecule has 0 aromatic carbocycles. The maximum atomic E-state index is 11.3. The first-order valence-electron chi connectivity index (χ1n) is 8.49. The lowest BCUT2D eigenvalue weighted by Crippen LogP contribution is -2.33. The van der Waals surface area contributed by atoms with Gasteiger partial charge in [-0.15, -0.1) is 0 Å². The van der Waals surface area contributed by atoms with Crippen molar-refractivity contribution < 1.29 is 29.3 Å². The van der Waals surface area contributed by atoms with Gasteiger partial charge < -0.3 is 30.3 Å². The van der Waals surface area contributed by atoms with Crippen molar-refractivity contribution in [2.45, 2.75) is 57.9 Å². The van der Waals surface area contributed by atoms with E-state index in [2.05, 4.69) is 10.6 Å². The molecule has 2 saturated heterocycles. The fourth-order valence-corrected chi connectivity index (χ4v) is 2.39. The number of β-amino-alcohol motifs (C(OH)–C–C–N with tert-alkyl or cyclic N) is 2. The third-order valence-electron chi connectivity index (χ3n) is 3.63. The fraction of sp³-hybridized carbons (Fsp3) is 0.875. The van der Waals surface area contributed by atoms with E-state index in [4.69, 9.17) is 19.7 Å². The number of hydrogen-bond acceptors (Lipinski definition) is 8. The number of rotatable bonds is 5. The predicted molar refractivity (Wildman–Crippen MR) is 87.3 cm³/mol. The highest BCUT2D eigenvalue weighted by Gasteiger charge is 2.29. The van der Waals surface area contributed by atoms with Gasteiger partial charge in [0.1, 0.15) is 12.1 Å². The molecule has 0 bridgehead atoms. The zero-order valence-corrected chi connectivity index (χ0v) is 14.7. The molecule has 140 valence electrons. The monoisotopic (exact) mass is 346 g/mol. The number of aliphatic hydroxyl groups excluding tert-OH is 2. The van der Waals surface area contributed by atoms with Crippen LogP contribution in [0.1, 0.15) is 33.6 Å². The molecule has 2 aliphatic rings. The zero-order valence-electron chi connectivity index (χ0n) is 14.7. The number of hydrogen-bond donors (Lipinski definition) is 4. The summed E-state index contributed by atoms with van der Waals surface area (Å²) in [5.74, 6) is -0.149. The predicted octanol–water partition coefficient (Wildman–Crippen LogP) is -0.819. The fourth-order valence-electron chi connectivity index (χ4n) is 2.39. The molecule has 24 heavy (non-hydrogen) atoms. The van der Waals surface area contributed by atoms with Gasteiger partial charge >= 0.3 is 11.9 Å². The smallest absolute Gasteiger partial charge is 0.323 e. The topological polar surface area (TPSA) is 117 Å². The maximum Gasteiger partial charge on any atom is 0.323 e. The first-order chi connectivity index (χ1) is 11.3. The molecule has 2 heterocycles. The molecule has 8 heteroatoms. The first kappa shape index (κ1) is 20.8. The molecule has 2 fully saturated rings. The van der Waals surface area contributed by atoms with E-state index in [1.165, 1.54) is 0 Å². The normalized spacial score (nSPS) is 29.1. The second-order valence-electron chi connectivity index (χ2n) is 6.48. The lowest BCUT2D eigenvalue weighted by atomic mass is 10.2. The van der Waals surface area contributed by atoms with Gasteiger partial charge in [-0.1, -0.05) is 13.8 Å². The van der Waals surface area contributed by atoms with Crippen molar-refractivity contribution in [3.63, 3.8) is 0 Å². The number of ether oxygens (including phenoxy) is 2. The molecule has 0 saturated carbocycles. The van der Waals surface area contributed by atoms with E-state index >= 15 is 0 Å². The van der Waals surface area contributed by atoms with Gasteiger partial charge in [0.15, 0.2) is 0 Å². The van der Waals surface area contributed by atoms with Crippen LogP contribution in [0.4, 0.5) is 0 Å². The molecule has 2 rings (SSSR count). The Kier molecular flexibility index (Phi) is 9.20. The lowest BCUT2D eigenvalue weighted by Gasteiger charge is -2.11. The summed E-state index contributed by atoms with van der Waals surface area (Å²) < 4.78 is 9.78. The second-order valence-corrected chi connectivity index (χ2v) is 6.48. The Morgan fingerprint density at radius 2 is 1.46 bits per heavy atom. The van der Waals surface area contributed by atoms with E-state index in [-0.39, 0.29) is 24.0 Å². The Morgan fingerprint density at radius 1 is 1.00 bits per heavy atom. The van der Waals surface area contributed by atoms with Crippen molar-refractivity contribution in [2.24, 2.45) is 5.92 Å². The Hall–Kier alpha value is -1.22. The molecular formula is C16H30N2O6. The number of nitrogens with one attached hydrogen (secondary N) is 2. The minimum absolute atomic E-state index is 0.245. The standard InChI is InChI=1S/C9H17NO3.C7H13NO3/c1-6(2)5-13-9(12)8-3-7(11)4-10-8;1-2-11-7(10)6-3-5(9)4-8-6/h6-8,10-11H,3-5H2,1-2H3;5-6,8-9H,2-4H2,1H3/t7?,8-;5-,6-/m00/s1. The van der Waals surface area contributed by atoms with Crippen LogP contribution in [0.3, 0.4) is 0 Å². The molecule has 4 atom stereocenters. The third kappa shape index (κ3) is 7.57. The SMILES string of the molecule is CC(C)COC(=O)[C@@H]1CC(O)CN1.CCOC(=O)[C@@H]1C[C@H](O)CN1. The van der Waals surface area contributed by atoms with Gasteiger partial charge in [-0.3, -0.25) is 9.59 Å². The summed E-state index contributed by atoms with van der Waals surface area (Å²) in [4.78, 5) is 22.3. The van der Waals surface area contributed by atoms with Crippen LogP contribution in [0.15, 0.2) is 0 Å². The Morgan fingerprint density at radius 3 is 1.79 bits per heavy atom. The van der Waals surface area contributed by atoms with Gasteiger partial charge in [-0.2, -0.15) is 0 Å². The quantitative estimate of drug-likeness (QED) is 0.477. The molecule has 0 aliphatic carbocycles. The Labute approximate surface area is 142 Å². The van der Waals surface area contributed by atoms with Gasteiger partial charge in [0.05, 0.1) is 25.4 Å². The van der Waals surface area contributed by atoms with E-state index in [0.29, 0.717) is 45.1 Å². The van der Waals surface area contributed by atoms with Crippen molar-refractivity contribution in [2.75, 3.05) is 26.3 Å². The van der Waals surface area contributed by atoms with E-state index in [1.54, 1.807) is 6.92 Å².